The van der Waals surface area contributed by atoms with Gasteiger partial charge in [-0.15, -0.1) is 0 Å². The van der Waals surface area contributed by atoms with Crippen molar-refractivity contribution in [2.24, 2.45) is 0 Å². The van der Waals surface area contributed by atoms with E-state index in [9.17, 15) is 26.7 Å². The predicted molar refractivity (Wildman–Crippen MR) is 87.3 cm³/mol. The van der Waals surface area contributed by atoms with Crippen LogP contribution in [0, 0.1) is 11.6 Å². The number of nitrogens with one attached hydrogen (secondary N) is 1. The summed E-state index contributed by atoms with van der Waals surface area (Å²) in [5, 5.41) is 5.57. The highest BCUT2D eigenvalue weighted by Gasteiger charge is 2.38. The molecule has 0 saturated carbocycles. The number of amides is 1. The van der Waals surface area contributed by atoms with Gasteiger partial charge in [0.2, 0.25) is 5.82 Å². The molecule has 0 aliphatic heterocycles. The minimum atomic E-state index is -4.91. The average Bonchev–Trinajstić information content (AvgIpc) is 3.13. The van der Waals surface area contributed by atoms with Crippen LogP contribution in [-0.2, 0) is 12.7 Å². The number of hydrogen-bond donors (Lipinski definition) is 1. The highest BCUT2D eigenvalue weighted by atomic mass is 35.5. The maximum Gasteiger partial charge on any atom is 0.471 e. The van der Waals surface area contributed by atoms with E-state index in [1.807, 2.05) is 0 Å². The van der Waals surface area contributed by atoms with Gasteiger partial charge in [0.25, 0.3) is 5.91 Å². The molecule has 0 bridgehead atoms. The van der Waals surface area contributed by atoms with E-state index >= 15 is 0 Å². The minimum absolute atomic E-state index is 0.146. The van der Waals surface area contributed by atoms with Crippen LogP contribution >= 0.6 is 11.6 Å². The van der Waals surface area contributed by atoms with E-state index in [0.717, 1.165) is 12.1 Å². The van der Waals surface area contributed by atoms with Crippen molar-refractivity contribution in [3.05, 3.63) is 70.1 Å². The Labute approximate surface area is 159 Å². The molecule has 2 aromatic carbocycles. The zero-order valence-electron chi connectivity index (χ0n) is 13.6. The normalized spacial score (nSPS) is 11.5. The number of alkyl halides is 3. The standard InChI is InChI=1S/C17H9ClF5N3O2/c18-11-4-2-1-3-9(11)15(27)24-7-8-5-6-10(13(20)12(8)19)14-25-16(28-26-14)17(21,22)23/h1-6H,7H2,(H,24,27). The van der Waals surface area contributed by atoms with E-state index in [1.165, 1.54) is 12.1 Å². The molecule has 0 saturated heterocycles. The molecule has 0 aliphatic rings. The van der Waals surface area contributed by atoms with Crippen LogP contribution in [0.3, 0.4) is 0 Å². The van der Waals surface area contributed by atoms with Crippen LogP contribution in [0.25, 0.3) is 11.4 Å². The summed E-state index contributed by atoms with van der Waals surface area (Å²) in [4.78, 5) is 15.1. The molecule has 0 radical (unpaired) electrons. The Kier molecular flexibility index (Phi) is 5.32. The Hall–Kier alpha value is -3.01. The SMILES string of the molecule is O=C(NCc1ccc(-c2noc(C(F)(F)F)n2)c(F)c1F)c1ccccc1Cl. The summed E-state index contributed by atoms with van der Waals surface area (Å²) in [7, 11) is 0. The summed E-state index contributed by atoms with van der Waals surface area (Å²) in [6, 6.07) is 8.22. The molecule has 0 aliphatic carbocycles. The van der Waals surface area contributed by atoms with Gasteiger partial charge in [-0.1, -0.05) is 35.0 Å². The highest BCUT2D eigenvalue weighted by molar-refractivity contribution is 6.33. The van der Waals surface area contributed by atoms with Gasteiger partial charge in [-0.25, -0.2) is 8.78 Å². The van der Waals surface area contributed by atoms with Crippen LogP contribution in [0.4, 0.5) is 22.0 Å². The monoisotopic (exact) mass is 417 g/mol. The van der Waals surface area contributed by atoms with Gasteiger partial charge < -0.3 is 9.84 Å². The lowest BCUT2D eigenvalue weighted by atomic mass is 10.1. The molecule has 11 heteroatoms. The first-order valence-corrected chi connectivity index (χ1v) is 7.97. The largest absolute Gasteiger partial charge is 0.471 e. The molecule has 5 nitrogen and oxygen atoms in total. The van der Waals surface area contributed by atoms with E-state index in [4.69, 9.17) is 11.6 Å². The molecule has 1 aromatic heterocycles. The lowest BCUT2D eigenvalue weighted by molar-refractivity contribution is -0.159. The van der Waals surface area contributed by atoms with Crippen LogP contribution in [-0.4, -0.2) is 16.0 Å². The maximum absolute atomic E-state index is 14.3. The number of halogens is 6. The fraction of sp³-hybridized carbons (Fsp3) is 0.118. The fourth-order valence-electron chi connectivity index (χ4n) is 2.26. The fourth-order valence-corrected chi connectivity index (χ4v) is 2.48. The topological polar surface area (TPSA) is 68.0 Å². The number of carbonyl (C=O) groups is 1. The second-order valence-electron chi connectivity index (χ2n) is 5.48. The molecule has 28 heavy (non-hydrogen) atoms. The first kappa shape index (κ1) is 19.7. The van der Waals surface area contributed by atoms with Crippen molar-refractivity contribution in [2.75, 3.05) is 0 Å². The van der Waals surface area contributed by atoms with Crippen LogP contribution in [0.2, 0.25) is 5.02 Å². The molecule has 0 spiro atoms. The summed E-state index contributed by atoms with van der Waals surface area (Å²) >= 11 is 5.88. The smallest absolute Gasteiger partial charge is 0.348 e. The number of benzene rings is 2. The van der Waals surface area contributed by atoms with Crippen LogP contribution < -0.4 is 5.32 Å². The quantitative estimate of drug-likeness (QED) is 0.629. The highest BCUT2D eigenvalue weighted by Crippen LogP contribution is 2.31. The zero-order chi connectivity index (χ0) is 20.5. The summed E-state index contributed by atoms with van der Waals surface area (Å²) in [5.74, 6) is -5.88. The van der Waals surface area contributed by atoms with E-state index < -0.39 is 41.0 Å². The Morgan fingerprint density at radius 1 is 1.11 bits per heavy atom. The molecular weight excluding hydrogens is 409 g/mol. The van der Waals surface area contributed by atoms with E-state index in [1.54, 1.807) is 12.1 Å². The third-order valence-electron chi connectivity index (χ3n) is 3.63. The van der Waals surface area contributed by atoms with Crippen molar-refractivity contribution < 1.29 is 31.3 Å². The van der Waals surface area contributed by atoms with Crippen molar-refractivity contribution in [3.63, 3.8) is 0 Å². The number of rotatable bonds is 4. The lowest BCUT2D eigenvalue weighted by Crippen LogP contribution is -2.23. The molecular formula is C17H9ClF5N3O2. The molecule has 0 atom stereocenters. The maximum atomic E-state index is 14.3. The minimum Gasteiger partial charge on any atom is -0.348 e. The first-order chi connectivity index (χ1) is 13.2. The van der Waals surface area contributed by atoms with E-state index in [2.05, 4.69) is 20.0 Å². The number of aromatic nitrogens is 2. The summed E-state index contributed by atoms with van der Waals surface area (Å²) in [6.45, 7) is -0.382. The Balaban J connectivity index is 1.80. The summed E-state index contributed by atoms with van der Waals surface area (Å²) in [5.41, 5.74) is -0.702. The second kappa shape index (κ2) is 7.55. The predicted octanol–water partition coefficient (Wildman–Crippen LogP) is 4.62. The van der Waals surface area contributed by atoms with Crippen LogP contribution in [0.5, 0.6) is 0 Å². The van der Waals surface area contributed by atoms with Gasteiger partial charge in [0.05, 0.1) is 16.1 Å². The molecule has 1 N–H and O–H groups in total. The Morgan fingerprint density at radius 3 is 2.46 bits per heavy atom. The molecule has 146 valence electrons. The van der Waals surface area contributed by atoms with Gasteiger partial charge in [0, 0.05) is 12.1 Å². The number of hydrogen-bond acceptors (Lipinski definition) is 4. The molecule has 0 unspecified atom stereocenters. The van der Waals surface area contributed by atoms with Crippen LogP contribution in [0.15, 0.2) is 40.9 Å². The van der Waals surface area contributed by atoms with E-state index in [-0.39, 0.29) is 22.7 Å². The van der Waals surface area contributed by atoms with Crippen LogP contribution in [0.1, 0.15) is 21.8 Å². The van der Waals surface area contributed by atoms with Gasteiger partial charge in [0.15, 0.2) is 11.6 Å². The second-order valence-corrected chi connectivity index (χ2v) is 5.89. The summed E-state index contributed by atoms with van der Waals surface area (Å²) < 4.78 is 70.0. The zero-order valence-corrected chi connectivity index (χ0v) is 14.4. The van der Waals surface area contributed by atoms with Gasteiger partial charge in [0.1, 0.15) is 0 Å². The van der Waals surface area contributed by atoms with Crippen molar-refractivity contribution in [1.82, 2.24) is 15.5 Å². The number of carbonyl (C=O) groups excluding carboxylic acids is 1. The van der Waals surface area contributed by atoms with E-state index in [0.29, 0.717) is 0 Å². The van der Waals surface area contributed by atoms with Gasteiger partial charge in [-0.2, -0.15) is 18.2 Å². The van der Waals surface area contributed by atoms with Crippen molar-refractivity contribution in [3.8, 4) is 11.4 Å². The molecule has 0 fully saturated rings. The number of nitrogens with zero attached hydrogens (tertiary/aromatic N) is 2. The lowest BCUT2D eigenvalue weighted by Gasteiger charge is -2.09. The first-order valence-electron chi connectivity index (χ1n) is 7.59. The van der Waals surface area contributed by atoms with Gasteiger partial charge >= 0.3 is 12.1 Å². The van der Waals surface area contributed by atoms with Gasteiger partial charge in [-0.05, 0) is 18.2 Å². The Morgan fingerprint density at radius 2 is 1.82 bits per heavy atom. The third kappa shape index (κ3) is 3.96. The molecule has 3 aromatic rings. The Bertz CT molecular complexity index is 1040. The average molecular weight is 418 g/mol. The summed E-state index contributed by atoms with van der Waals surface area (Å²) in [6.07, 6.45) is -4.91. The van der Waals surface area contributed by atoms with Crippen molar-refractivity contribution in [1.29, 1.82) is 0 Å². The molecule has 3 rings (SSSR count). The van der Waals surface area contributed by atoms with Crippen molar-refractivity contribution in [2.45, 2.75) is 12.7 Å². The molecule has 1 amide bonds. The van der Waals surface area contributed by atoms with Gasteiger partial charge in [-0.3, -0.25) is 4.79 Å². The van der Waals surface area contributed by atoms with Crippen molar-refractivity contribution >= 4 is 17.5 Å². The molecule has 1 heterocycles. The third-order valence-corrected chi connectivity index (χ3v) is 3.96.